The molecule has 0 radical (unpaired) electrons. The monoisotopic (exact) mass is 357 g/mol. The van der Waals surface area contributed by atoms with Gasteiger partial charge in [0.25, 0.3) is 0 Å². The van der Waals surface area contributed by atoms with E-state index in [-0.39, 0.29) is 11.6 Å². The number of imidazole rings is 1. The summed E-state index contributed by atoms with van der Waals surface area (Å²) in [5.74, 6) is 1.55. The zero-order valence-electron chi connectivity index (χ0n) is 15.8. The summed E-state index contributed by atoms with van der Waals surface area (Å²) in [6, 6.07) is 0. The van der Waals surface area contributed by atoms with E-state index in [1.54, 1.807) is 0 Å². The minimum absolute atomic E-state index is 0.161. The molecule has 2 aromatic heterocycles. The Kier molecular flexibility index (Phi) is 5.54. The van der Waals surface area contributed by atoms with Crippen molar-refractivity contribution in [2.24, 2.45) is 0 Å². The molecule has 3 heterocycles. The number of H-pyrrole nitrogens is 1. The van der Waals surface area contributed by atoms with Gasteiger partial charge in [-0.1, -0.05) is 0 Å². The lowest BCUT2D eigenvalue weighted by Crippen LogP contribution is -2.40. The molecule has 3 rings (SSSR count). The van der Waals surface area contributed by atoms with Crippen molar-refractivity contribution in [2.75, 3.05) is 13.1 Å². The molecule has 1 aliphatic heterocycles. The van der Waals surface area contributed by atoms with E-state index in [2.05, 4.69) is 26.4 Å². The average Bonchev–Trinajstić information content (AvgIpc) is 3.09. The predicted molar refractivity (Wildman–Crippen MR) is 99.1 cm³/mol. The van der Waals surface area contributed by atoms with Crippen molar-refractivity contribution in [3.63, 3.8) is 0 Å². The van der Waals surface area contributed by atoms with Crippen molar-refractivity contribution in [3.05, 3.63) is 45.7 Å². The van der Waals surface area contributed by atoms with Crippen LogP contribution in [0, 0.1) is 13.8 Å². The Labute approximate surface area is 153 Å². The number of carbonyl (C=O) groups excluding carboxylic acids is 1. The van der Waals surface area contributed by atoms with Gasteiger partial charge in [0.05, 0.1) is 0 Å². The fraction of sp³-hybridized carbons (Fsp3) is 0.579. The molecule has 1 saturated heterocycles. The van der Waals surface area contributed by atoms with Gasteiger partial charge >= 0.3 is 5.69 Å². The van der Waals surface area contributed by atoms with Gasteiger partial charge in [-0.05, 0) is 45.6 Å². The summed E-state index contributed by atoms with van der Waals surface area (Å²) in [7, 11) is 0. The van der Waals surface area contributed by atoms with Gasteiger partial charge < -0.3 is 14.5 Å². The number of hydrogen-bond acceptors (Lipinski definition) is 4. The summed E-state index contributed by atoms with van der Waals surface area (Å²) in [5.41, 5.74) is 2.14. The van der Waals surface area contributed by atoms with Gasteiger partial charge in [0.2, 0.25) is 5.91 Å². The number of aromatic nitrogens is 4. The van der Waals surface area contributed by atoms with Crippen LogP contribution in [0.4, 0.5) is 0 Å². The van der Waals surface area contributed by atoms with Crippen LogP contribution in [-0.2, 0) is 17.8 Å². The average molecular weight is 357 g/mol. The summed E-state index contributed by atoms with van der Waals surface area (Å²) in [6.07, 6.45) is 6.96. The molecule has 26 heavy (non-hydrogen) atoms. The molecular weight excluding hydrogens is 330 g/mol. The molecule has 1 fully saturated rings. The van der Waals surface area contributed by atoms with E-state index in [4.69, 9.17) is 0 Å². The van der Waals surface area contributed by atoms with Crippen LogP contribution in [0.3, 0.4) is 0 Å². The van der Waals surface area contributed by atoms with Crippen LogP contribution in [-0.4, -0.2) is 43.4 Å². The van der Waals surface area contributed by atoms with Crippen molar-refractivity contribution < 1.29 is 4.79 Å². The highest BCUT2D eigenvalue weighted by Gasteiger charge is 2.27. The van der Waals surface area contributed by atoms with Crippen molar-refractivity contribution in [2.45, 2.75) is 58.9 Å². The maximum Gasteiger partial charge on any atom is 0.345 e. The first-order valence-corrected chi connectivity index (χ1v) is 9.34. The Bertz CT molecular complexity index is 812. The summed E-state index contributed by atoms with van der Waals surface area (Å²) < 4.78 is 2.16. The van der Waals surface area contributed by atoms with Gasteiger partial charge in [-0.3, -0.25) is 4.79 Å². The summed E-state index contributed by atoms with van der Waals surface area (Å²) in [4.78, 5) is 37.3. The molecule has 1 aliphatic rings. The van der Waals surface area contributed by atoms with Gasteiger partial charge in [0.1, 0.15) is 5.82 Å². The number of aryl methyl sites for hydroxylation is 3. The highest BCUT2D eigenvalue weighted by atomic mass is 16.2. The van der Waals surface area contributed by atoms with Crippen molar-refractivity contribution in [1.82, 2.24) is 24.4 Å². The Balaban J connectivity index is 1.64. The third-order valence-electron chi connectivity index (χ3n) is 5.27. The zero-order chi connectivity index (χ0) is 18.7. The van der Waals surface area contributed by atoms with Crippen molar-refractivity contribution in [1.29, 1.82) is 0 Å². The van der Waals surface area contributed by atoms with Gasteiger partial charge in [0.15, 0.2) is 0 Å². The van der Waals surface area contributed by atoms with E-state index in [0.717, 1.165) is 49.6 Å². The highest BCUT2D eigenvalue weighted by molar-refractivity contribution is 5.76. The Hall–Kier alpha value is -2.44. The molecule has 0 aromatic carbocycles. The van der Waals surface area contributed by atoms with Crippen LogP contribution in [0.15, 0.2) is 17.2 Å². The molecule has 140 valence electrons. The molecule has 2 aromatic rings. The number of nitrogens with one attached hydrogen (secondary N) is 1. The molecule has 1 atom stereocenters. The number of amides is 1. The van der Waals surface area contributed by atoms with Gasteiger partial charge in [0, 0.05) is 55.8 Å². The molecule has 1 amide bonds. The first-order chi connectivity index (χ1) is 12.5. The number of aromatic amines is 1. The fourth-order valence-electron chi connectivity index (χ4n) is 3.88. The molecule has 0 aliphatic carbocycles. The minimum atomic E-state index is -0.333. The van der Waals surface area contributed by atoms with E-state index in [9.17, 15) is 9.59 Å². The van der Waals surface area contributed by atoms with E-state index in [0.29, 0.717) is 24.5 Å². The molecule has 0 saturated carbocycles. The second kappa shape index (κ2) is 7.85. The normalized spacial score (nSPS) is 17.5. The number of likely N-dealkylation sites (tertiary alicyclic amines) is 1. The molecule has 0 spiro atoms. The second-order valence-electron chi connectivity index (χ2n) is 6.98. The van der Waals surface area contributed by atoms with Gasteiger partial charge in [-0.2, -0.15) is 4.98 Å². The van der Waals surface area contributed by atoms with Crippen LogP contribution in [0.5, 0.6) is 0 Å². The summed E-state index contributed by atoms with van der Waals surface area (Å²) >= 11 is 0. The predicted octanol–water partition coefficient (Wildman–Crippen LogP) is 1.94. The Morgan fingerprint density at radius 1 is 1.38 bits per heavy atom. The first-order valence-electron chi connectivity index (χ1n) is 9.34. The lowest BCUT2D eigenvalue weighted by Gasteiger charge is -2.32. The Morgan fingerprint density at radius 3 is 2.92 bits per heavy atom. The van der Waals surface area contributed by atoms with Crippen LogP contribution >= 0.6 is 0 Å². The van der Waals surface area contributed by atoms with E-state index in [1.807, 2.05) is 31.1 Å². The third-order valence-corrected chi connectivity index (χ3v) is 5.27. The van der Waals surface area contributed by atoms with Crippen molar-refractivity contribution >= 4 is 5.91 Å². The van der Waals surface area contributed by atoms with Gasteiger partial charge in [-0.25, -0.2) is 9.78 Å². The van der Waals surface area contributed by atoms with E-state index < -0.39 is 0 Å². The van der Waals surface area contributed by atoms with E-state index >= 15 is 0 Å². The lowest BCUT2D eigenvalue weighted by atomic mass is 9.96. The smallest absolute Gasteiger partial charge is 0.342 e. The van der Waals surface area contributed by atoms with Crippen molar-refractivity contribution in [3.8, 4) is 0 Å². The number of hydrogen-bond donors (Lipinski definition) is 1. The highest BCUT2D eigenvalue weighted by Crippen LogP contribution is 2.26. The first kappa shape index (κ1) is 18.4. The van der Waals surface area contributed by atoms with Crippen LogP contribution in [0.25, 0.3) is 0 Å². The topological polar surface area (TPSA) is 83.9 Å². The summed E-state index contributed by atoms with van der Waals surface area (Å²) in [5, 5.41) is 0. The molecule has 7 nitrogen and oxygen atoms in total. The van der Waals surface area contributed by atoms with Crippen LogP contribution < -0.4 is 5.69 Å². The summed E-state index contributed by atoms with van der Waals surface area (Å²) in [6.45, 7) is 8.24. The molecule has 7 heteroatoms. The third kappa shape index (κ3) is 3.86. The number of rotatable bonds is 5. The van der Waals surface area contributed by atoms with Crippen LogP contribution in [0.2, 0.25) is 0 Å². The quantitative estimate of drug-likeness (QED) is 0.886. The minimum Gasteiger partial charge on any atom is -0.342 e. The molecular formula is C19H27N5O2. The molecule has 0 unspecified atom stereocenters. The number of nitrogens with zero attached hydrogens (tertiary/aromatic N) is 4. The maximum absolute atomic E-state index is 12.7. The zero-order valence-corrected chi connectivity index (χ0v) is 15.8. The number of piperidine rings is 1. The second-order valence-corrected chi connectivity index (χ2v) is 6.98. The van der Waals surface area contributed by atoms with Crippen LogP contribution in [0.1, 0.15) is 54.9 Å². The maximum atomic E-state index is 12.7. The lowest BCUT2D eigenvalue weighted by molar-refractivity contribution is -0.132. The number of carbonyl (C=O) groups is 1. The largest absolute Gasteiger partial charge is 0.345 e. The van der Waals surface area contributed by atoms with Gasteiger partial charge in [-0.15, -0.1) is 0 Å². The van der Waals surface area contributed by atoms with E-state index in [1.165, 1.54) is 0 Å². The molecule has 0 bridgehead atoms. The SMILES string of the molecule is CCn1ccnc1[C@H]1CCCN(C(=O)CCc2c(C)nc(=O)[nH]c2C)C1. The Morgan fingerprint density at radius 2 is 2.19 bits per heavy atom. The fourth-order valence-corrected chi connectivity index (χ4v) is 3.88. The molecule has 1 N–H and O–H groups in total. The standard InChI is InChI=1S/C19H27N5O2/c1-4-23-11-9-20-18(23)15-6-5-10-24(12-15)17(25)8-7-16-13(2)21-19(26)22-14(16)3/h9,11,15H,4-8,10,12H2,1-3H3,(H,21,22,26)/t15-/m0/s1.